The number of nitriles is 1. The smallest absolute Gasteiger partial charge is 0.354 e. The lowest BCUT2D eigenvalue weighted by atomic mass is 9.93. The van der Waals surface area contributed by atoms with Crippen molar-refractivity contribution in [3.8, 4) is 17.7 Å². The third kappa shape index (κ3) is 6.77. The molecule has 45 heavy (non-hydrogen) atoms. The van der Waals surface area contributed by atoms with E-state index >= 15 is 0 Å². The summed E-state index contributed by atoms with van der Waals surface area (Å²) in [6, 6.07) is 13.3. The van der Waals surface area contributed by atoms with Crippen LogP contribution in [0.4, 0.5) is 4.39 Å². The van der Waals surface area contributed by atoms with Gasteiger partial charge < -0.3 is 19.1 Å². The number of carboxylic acid groups (broad SMARTS) is 1. The molecule has 1 aromatic carbocycles. The van der Waals surface area contributed by atoms with Crippen LogP contribution in [0.1, 0.15) is 63.7 Å². The normalized spacial score (nSPS) is 14.0. The van der Waals surface area contributed by atoms with Crippen molar-refractivity contribution in [3.05, 3.63) is 93.2 Å². The molecule has 4 aromatic heterocycles. The zero-order valence-corrected chi connectivity index (χ0v) is 25.3. The number of nitrogens with zero attached hydrogens (tertiary/aromatic N) is 7. The van der Waals surface area contributed by atoms with E-state index in [4.69, 9.17) is 24.7 Å². The lowest BCUT2D eigenvalue weighted by Gasteiger charge is -2.31. The number of aromatic nitrogens is 5. The van der Waals surface area contributed by atoms with Gasteiger partial charge in [-0.15, -0.1) is 11.3 Å². The molecule has 11 nitrogen and oxygen atoms in total. The van der Waals surface area contributed by atoms with Crippen LogP contribution in [-0.2, 0) is 19.7 Å². The second-order valence-electron chi connectivity index (χ2n) is 10.7. The minimum atomic E-state index is -1.13. The Morgan fingerprint density at radius 3 is 2.69 bits per heavy atom. The number of aromatic carboxylic acids is 1. The minimum Gasteiger partial charge on any atom is -0.491 e. The van der Waals surface area contributed by atoms with E-state index in [-0.39, 0.29) is 23.8 Å². The van der Waals surface area contributed by atoms with Crippen molar-refractivity contribution in [3.63, 3.8) is 0 Å². The number of pyridine rings is 2. The van der Waals surface area contributed by atoms with Crippen LogP contribution in [0, 0.1) is 17.1 Å². The number of fused-ring (bicyclic) bond motifs is 1. The number of rotatable bonds is 11. The maximum atomic E-state index is 14.3. The van der Waals surface area contributed by atoms with Crippen LogP contribution in [0.2, 0.25) is 0 Å². The summed E-state index contributed by atoms with van der Waals surface area (Å²) in [6.07, 6.45) is 3.55. The number of hydrogen-bond donors (Lipinski definition) is 1. The highest BCUT2D eigenvalue weighted by molar-refractivity contribution is 7.09. The molecular formula is C32H30FN7O4S. The maximum Gasteiger partial charge on any atom is 0.354 e. The molecule has 0 aliphatic carbocycles. The summed E-state index contributed by atoms with van der Waals surface area (Å²) in [6.45, 7) is 4.88. The first kappa shape index (κ1) is 30.1. The molecule has 0 spiro atoms. The van der Waals surface area contributed by atoms with Gasteiger partial charge in [-0.2, -0.15) is 5.26 Å². The molecule has 0 amide bonds. The summed E-state index contributed by atoms with van der Waals surface area (Å²) in [4.78, 5) is 33.5. The number of piperidine rings is 1. The molecule has 1 fully saturated rings. The Hall–Kier alpha value is -4.93. The van der Waals surface area contributed by atoms with Gasteiger partial charge in [-0.3, -0.25) is 9.88 Å². The zero-order chi connectivity index (χ0) is 31.3. The highest BCUT2D eigenvalue weighted by Crippen LogP contribution is 2.31. The predicted molar refractivity (Wildman–Crippen MR) is 164 cm³/mol. The van der Waals surface area contributed by atoms with Crippen molar-refractivity contribution in [2.45, 2.75) is 45.4 Å². The van der Waals surface area contributed by atoms with Crippen LogP contribution in [0.15, 0.2) is 54.2 Å². The number of carbonyl (C=O) groups is 1. The highest BCUT2D eigenvalue weighted by atomic mass is 32.1. The molecule has 5 aromatic rings. The highest BCUT2D eigenvalue weighted by Gasteiger charge is 2.26. The lowest BCUT2D eigenvalue weighted by Crippen LogP contribution is -2.33. The minimum absolute atomic E-state index is 0.0167. The molecule has 0 saturated carbocycles. The molecule has 1 saturated heterocycles. The Bertz CT molecular complexity index is 1860. The fourth-order valence-electron chi connectivity index (χ4n) is 5.46. The molecule has 0 atom stereocenters. The monoisotopic (exact) mass is 627 g/mol. The van der Waals surface area contributed by atoms with E-state index in [9.17, 15) is 14.3 Å². The van der Waals surface area contributed by atoms with Gasteiger partial charge >= 0.3 is 5.97 Å². The molecule has 13 heteroatoms. The molecular weight excluding hydrogens is 597 g/mol. The predicted octanol–water partition coefficient (Wildman–Crippen LogP) is 5.40. The standard InChI is InChI=1S/C32H30FN7O4S/c1-2-43-27-13-26(32(41)42)37-31-30(27)38-28(40(31)16-23-15-35-19-45-23)17-39-10-8-21(9-11-39)25-4-3-5-29(36-25)44-18-22-7-6-20(14-34)12-24(22)33/h3-7,12-13,15,19,21H,2,8-11,16-18H2,1H3,(H,41,42). The molecule has 1 aliphatic heterocycles. The number of thiazole rings is 1. The number of ether oxygens (including phenoxy) is 2. The topological polar surface area (TPSA) is 139 Å². The van der Waals surface area contributed by atoms with Crippen LogP contribution in [-0.4, -0.2) is 60.2 Å². The van der Waals surface area contributed by atoms with E-state index in [0.717, 1.165) is 42.3 Å². The van der Waals surface area contributed by atoms with E-state index in [1.807, 2.05) is 29.7 Å². The van der Waals surface area contributed by atoms with Gasteiger partial charge in [-0.25, -0.2) is 24.1 Å². The molecule has 0 unspecified atom stereocenters. The molecule has 1 aliphatic rings. The van der Waals surface area contributed by atoms with Gasteiger partial charge in [-0.1, -0.05) is 12.1 Å². The molecule has 5 heterocycles. The summed E-state index contributed by atoms with van der Waals surface area (Å²) in [5.74, 6) is 0.224. The Labute approximate surface area is 262 Å². The number of halogens is 1. The third-order valence-corrected chi connectivity index (χ3v) is 8.50. The summed E-state index contributed by atoms with van der Waals surface area (Å²) < 4.78 is 27.8. The SMILES string of the molecule is CCOc1cc(C(=O)O)nc2c1nc(CN1CCC(c3cccc(OCc4ccc(C#N)cc4F)n3)CC1)n2Cc1cncs1. The van der Waals surface area contributed by atoms with Crippen molar-refractivity contribution in [2.75, 3.05) is 19.7 Å². The van der Waals surface area contributed by atoms with E-state index in [0.29, 0.717) is 48.1 Å². The summed E-state index contributed by atoms with van der Waals surface area (Å²) in [5, 5.41) is 18.7. The van der Waals surface area contributed by atoms with Gasteiger partial charge in [0.1, 0.15) is 18.2 Å². The fraction of sp³-hybridized carbons (Fsp3) is 0.312. The Kier molecular flexibility index (Phi) is 8.95. The number of imidazole rings is 1. The first-order valence-electron chi connectivity index (χ1n) is 14.6. The van der Waals surface area contributed by atoms with Gasteiger partial charge in [0, 0.05) is 40.4 Å². The van der Waals surface area contributed by atoms with Crippen LogP contribution in [0.5, 0.6) is 11.6 Å². The first-order valence-corrected chi connectivity index (χ1v) is 15.4. The van der Waals surface area contributed by atoms with E-state index in [1.54, 1.807) is 29.9 Å². The maximum absolute atomic E-state index is 14.3. The largest absolute Gasteiger partial charge is 0.491 e. The number of benzene rings is 1. The van der Waals surface area contributed by atoms with Gasteiger partial charge in [0.25, 0.3) is 0 Å². The second-order valence-corrected chi connectivity index (χ2v) is 11.6. The average molecular weight is 628 g/mol. The van der Waals surface area contributed by atoms with Gasteiger partial charge in [0.15, 0.2) is 22.6 Å². The summed E-state index contributed by atoms with van der Waals surface area (Å²) in [7, 11) is 0. The molecule has 0 bridgehead atoms. The summed E-state index contributed by atoms with van der Waals surface area (Å²) in [5.41, 5.74) is 4.23. The number of hydrogen-bond acceptors (Lipinski definition) is 10. The average Bonchev–Trinajstić information content (AvgIpc) is 3.69. The van der Waals surface area contributed by atoms with Gasteiger partial charge in [0.05, 0.1) is 36.8 Å². The molecule has 0 radical (unpaired) electrons. The van der Waals surface area contributed by atoms with Crippen molar-refractivity contribution in [2.24, 2.45) is 0 Å². The molecule has 1 N–H and O–H groups in total. The quantitative estimate of drug-likeness (QED) is 0.203. The summed E-state index contributed by atoms with van der Waals surface area (Å²) >= 11 is 1.52. The van der Waals surface area contributed by atoms with Crippen molar-refractivity contribution >= 4 is 28.5 Å². The van der Waals surface area contributed by atoms with Gasteiger partial charge in [-0.05, 0) is 51.1 Å². The van der Waals surface area contributed by atoms with Crippen molar-refractivity contribution in [1.82, 2.24) is 29.4 Å². The van der Waals surface area contributed by atoms with Crippen LogP contribution in [0.3, 0.4) is 0 Å². The van der Waals surface area contributed by atoms with E-state index < -0.39 is 11.8 Å². The number of likely N-dealkylation sites (tertiary alicyclic amines) is 1. The Balaban J connectivity index is 1.16. The van der Waals surface area contributed by atoms with E-state index in [1.165, 1.54) is 23.5 Å². The Morgan fingerprint density at radius 2 is 1.98 bits per heavy atom. The first-order chi connectivity index (χ1) is 21.9. The lowest BCUT2D eigenvalue weighted by molar-refractivity contribution is 0.0690. The Morgan fingerprint density at radius 1 is 1.13 bits per heavy atom. The third-order valence-electron chi connectivity index (χ3n) is 7.74. The zero-order valence-electron chi connectivity index (χ0n) is 24.5. The second kappa shape index (κ2) is 13.4. The van der Waals surface area contributed by atoms with Crippen molar-refractivity contribution in [1.29, 1.82) is 5.26 Å². The van der Waals surface area contributed by atoms with Crippen molar-refractivity contribution < 1.29 is 23.8 Å². The number of carboxylic acids is 1. The van der Waals surface area contributed by atoms with Gasteiger partial charge in [0.2, 0.25) is 5.88 Å². The fourth-order valence-corrected chi connectivity index (χ4v) is 6.04. The van der Waals surface area contributed by atoms with E-state index in [2.05, 4.69) is 14.9 Å². The van der Waals surface area contributed by atoms with Crippen LogP contribution in [0.25, 0.3) is 11.2 Å². The molecule has 6 rings (SSSR count). The van der Waals surface area contributed by atoms with Crippen LogP contribution < -0.4 is 9.47 Å². The molecule has 230 valence electrons. The van der Waals surface area contributed by atoms with Crippen LogP contribution >= 0.6 is 11.3 Å².